The van der Waals surface area contributed by atoms with Gasteiger partial charge in [-0.2, -0.15) is 0 Å². The molecule has 0 saturated carbocycles. The second-order valence-electron chi connectivity index (χ2n) is 17.2. The molecule has 302 valence electrons. The van der Waals surface area contributed by atoms with Crippen molar-refractivity contribution in [2.24, 2.45) is 10.8 Å². The van der Waals surface area contributed by atoms with E-state index in [0.717, 1.165) is 33.6 Å². The summed E-state index contributed by atoms with van der Waals surface area (Å²) in [6.45, 7) is 18.8. The molecule has 0 saturated heterocycles. The number of benzene rings is 2. The minimum absolute atomic E-state index is 0.337. The van der Waals surface area contributed by atoms with Gasteiger partial charge in [-0.15, -0.1) is 0 Å². The zero-order valence-corrected chi connectivity index (χ0v) is 35.2. The predicted octanol–water partition coefficient (Wildman–Crippen LogP) is 7.49. The number of methoxy groups -OCH3 is 2. The Morgan fingerprint density at radius 1 is 0.554 bits per heavy atom. The molecule has 4 rings (SSSR count). The first-order valence-electron chi connectivity index (χ1n) is 18.5. The van der Waals surface area contributed by atoms with Gasteiger partial charge in [0.2, 0.25) is 11.8 Å². The van der Waals surface area contributed by atoms with E-state index < -0.39 is 46.2 Å². The number of hydrogen-bond acceptors (Lipinski definition) is 8. The fourth-order valence-corrected chi connectivity index (χ4v) is 5.98. The van der Waals surface area contributed by atoms with Crippen LogP contribution in [0, 0.1) is 10.8 Å². The number of carbonyl (C=O) groups is 4. The molecule has 2 atom stereocenters. The average Bonchev–Trinajstić information content (AvgIpc) is 3.84. The van der Waals surface area contributed by atoms with Gasteiger partial charge in [0, 0.05) is 14.1 Å². The molecule has 4 aromatic rings. The largest absolute Gasteiger partial charge is 0.453 e. The maximum Gasteiger partial charge on any atom is 0.410 e. The Morgan fingerprint density at radius 2 is 0.839 bits per heavy atom. The van der Waals surface area contributed by atoms with Gasteiger partial charge in [-0.3, -0.25) is 19.4 Å². The lowest BCUT2D eigenvalue weighted by Gasteiger charge is -2.37. The van der Waals surface area contributed by atoms with E-state index >= 15 is 0 Å². The predicted molar refractivity (Wildman–Crippen MR) is 216 cm³/mol. The molecule has 0 spiro atoms. The third-order valence-corrected chi connectivity index (χ3v) is 10.4. The Morgan fingerprint density at radius 3 is 1.11 bits per heavy atom. The maximum absolute atomic E-state index is 13.4. The van der Waals surface area contributed by atoms with E-state index in [1.807, 2.05) is 90.1 Å². The molecule has 2 aromatic heterocycles. The number of likely N-dealkylation sites (N-methyl/N-ethyl adjacent to an activating group) is 2. The lowest BCUT2D eigenvalue weighted by Crippen LogP contribution is -2.57. The van der Waals surface area contributed by atoms with E-state index in [2.05, 4.69) is 30.6 Å². The van der Waals surface area contributed by atoms with Crippen molar-refractivity contribution in [2.75, 3.05) is 28.3 Å². The third-order valence-electron chi connectivity index (χ3n) is 10.4. The summed E-state index contributed by atoms with van der Waals surface area (Å²) in [4.78, 5) is 69.9. The Balaban J connectivity index is 1.49. The summed E-state index contributed by atoms with van der Waals surface area (Å²) in [6, 6.07) is 15.3. The van der Waals surface area contributed by atoms with E-state index in [1.54, 1.807) is 40.1 Å². The van der Waals surface area contributed by atoms with Gasteiger partial charge in [0.15, 0.2) is 0 Å². The SMILES string of the molecule is COC(=O)N(C)C(C)(C)C(=O)NC(c1ncc(-c2ccc(-c3ccc(-c4cnc(C(NC(=O)C(C)(C)N(C)C(=O)OC)C(C)(C)C)[nH]4)cc3)cc2)[nH]1)C(C)(C)C. The van der Waals surface area contributed by atoms with E-state index in [4.69, 9.17) is 9.47 Å². The van der Waals surface area contributed by atoms with Crippen molar-refractivity contribution in [1.82, 2.24) is 40.4 Å². The Hall–Kier alpha value is -5.66. The highest BCUT2D eigenvalue weighted by Gasteiger charge is 2.41. The first-order chi connectivity index (χ1) is 25.9. The molecule has 2 heterocycles. The van der Waals surface area contributed by atoms with E-state index in [0.29, 0.717) is 11.6 Å². The Kier molecular flexibility index (Phi) is 12.5. The van der Waals surface area contributed by atoms with Crippen LogP contribution in [-0.4, -0.2) is 93.1 Å². The quantitative estimate of drug-likeness (QED) is 0.121. The monoisotopic (exact) mass is 770 g/mol. The smallest absolute Gasteiger partial charge is 0.410 e. The number of aromatic nitrogens is 4. The zero-order chi connectivity index (χ0) is 42.0. The van der Waals surface area contributed by atoms with Crippen molar-refractivity contribution in [3.63, 3.8) is 0 Å². The summed E-state index contributed by atoms with van der Waals surface area (Å²) in [5, 5.41) is 6.20. The molecule has 0 aliphatic heterocycles. The zero-order valence-electron chi connectivity index (χ0n) is 35.2. The minimum Gasteiger partial charge on any atom is -0.453 e. The number of aromatic amines is 2. The van der Waals surface area contributed by atoms with Crippen LogP contribution < -0.4 is 10.6 Å². The van der Waals surface area contributed by atoms with Crippen LogP contribution in [0.3, 0.4) is 0 Å². The highest BCUT2D eigenvalue weighted by atomic mass is 16.5. The van der Waals surface area contributed by atoms with Gasteiger partial charge >= 0.3 is 12.2 Å². The van der Waals surface area contributed by atoms with Gasteiger partial charge in [-0.05, 0) is 60.8 Å². The van der Waals surface area contributed by atoms with Crippen LogP contribution in [-0.2, 0) is 19.1 Å². The molecule has 0 aliphatic carbocycles. The van der Waals surface area contributed by atoms with Crippen molar-refractivity contribution >= 4 is 24.0 Å². The molecule has 0 aliphatic rings. The summed E-state index contributed by atoms with van der Waals surface area (Å²) in [7, 11) is 5.62. The Bertz CT molecular complexity index is 1870. The summed E-state index contributed by atoms with van der Waals surface area (Å²) < 4.78 is 9.66. The van der Waals surface area contributed by atoms with Gasteiger partial charge in [-0.25, -0.2) is 19.6 Å². The molecule has 0 radical (unpaired) electrons. The number of rotatable bonds is 11. The molecule has 2 unspecified atom stereocenters. The summed E-state index contributed by atoms with van der Waals surface area (Å²) in [6.07, 6.45) is 2.30. The van der Waals surface area contributed by atoms with Crippen LogP contribution in [0.25, 0.3) is 33.6 Å². The number of nitrogens with one attached hydrogen (secondary N) is 4. The molecule has 0 fully saturated rings. The third kappa shape index (κ3) is 9.23. The van der Waals surface area contributed by atoms with Crippen LogP contribution in [0.4, 0.5) is 9.59 Å². The van der Waals surface area contributed by atoms with Gasteiger partial charge in [0.05, 0.1) is 50.1 Å². The van der Waals surface area contributed by atoms with E-state index in [9.17, 15) is 19.2 Å². The van der Waals surface area contributed by atoms with Crippen LogP contribution in [0.1, 0.15) is 93.0 Å². The molecule has 4 amide bonds. The van der Waals surface area contributed by atoms with Crippen molar-refractivity contribution in [3.05, 3.63) is 72.6 Å². The molecule has 0 bridgehead atoms. The van der Waals surface area contributed by atoms with E-state index in [-0.39, 0.29) is 11.8 Å². The number of nitrogens with zero attached hydrogens (tertiary/aromatic N) is 4. The number of imidazole rings is 2. The van der Waals surface area contributed by atoms with Gasteiger partial charge in [0.25, 0.3) is 0 Å². The van der Waals surface area contributed by atoms with Crippen molar-refractivity contribution in [1.29, 1.82) is 0 Å². The fraction of sp³-hybridized carbons (Fsp3) is 0.476. The van der Waals surface area contributed by atoms with Gasteiger partial charge in [-0.1, -0.05) is 90.1 Å². The highest BCUT2D eigenvalue weighted by molar-refractivity contribution is 5.90. The molecule has 4 N–H and O–H groups in total. The molecule has 14 heteroatoms. The lowest BCUT2D eigenvalue weighted by molar-refractivity contribution is -0.132. The maximum atomic E-state index is 13.4. The molecular weight excluding hydrogens is 713 g/mol. The summed E-state index contributed by atoms with van der Waals surface area (Å²) in [5.74, 6) is 0.529. The first kappa shape index (κ1) is 43.1. The van der Waals surface area contributed by atoms with Crippen molar-refractivity contribution < 1.29 is 28.7 Å². The molecule has 2 aromatic carbocycles. The summed E-state index contributed by atoms with van der Waals surface area (Å²) in [5.41, 5.74) is 2.38. The van der Waals surface area contributed by atoms with Crippen LogP contribution in [0.15, 0.2) is 60.9 Å². The number of hydrogen-bond donors (Lipinski definition) is 4. The van der Waals surface area contributed by atoms with Gasteiger partial charge < -0.3 is 30.1 Å². The lowest BCUT2D eigenvalue weighted by atomic mass is 9.85. The highest BCUT2D eigenvalue weighted by Crippen LogP contribution is 2.35. The molecular formula is C42H58N8O6. The normalized spacial score (nSPS) is 13.3. The Labute approximate surface area is 330 Å². The van der Waals surface area contributed by atoms with E-state index in [1.165, 1.54) is 38.1 Å². The van der Waals surface area contributed by atoms with Gasteiger partial charge in [0.1, 0.15) is 22.7 Å². The number of H-pyrrole nitrogens is 2. The van der Waals surface area contributed by atoms with Crippen LogP contribution >= 0.6 is 0 Å². The standard InChI is InChI=1S/C42H58N8O6/c1-39(2,3)31(47-35(51)41(7,8)49(11)37(53)55-13)33-43-23-29(45-33)27-19-15-25(16-20-27)26-17-21-28(22-18-26)30-24-44-34(46-30)32(40(4,5)6)48-36(52)42(9,10)50(12)38(54)56-14/h15-24,31-32H,1-14H3,(H,43,45)(H,44,46)(H,47,51)(H,48,52). The molecule has 14 nitrogen and oxygen atoms in total. The number of amides is 4. The second-order valence-corrected chi connectivity index (χ2v) is 17.2. The second kappa shape index (κ2) is 16.2. The van der Waals surface area contributed by atoms with Crippen LogP contribution in [0.5, 0.6) is 0 Å². The summed E-state index contributed by atoms with van der Waals surface area (Å²) >= 11 is 0. The minimum atomic E-state index is -1.17. The van der Waals surface area contributed by atoms with Crippen molar-refractivity contribution in [3.8, 4) is 33.6 Å². The average molecular weight is 771 g/mol. The number of carbonyl (C=O) groups excluding carboxylic acids is 4. The van der Waals surface area contributed by atoms with Crippen LogP contribution in [0.2, 0.25) is 0 Å². The van der Waals surface area contributed by atoms with Crippen molar-refractivity contribution in [2.45, 2.75) is 92.4 Å². The fourth-order valence-electron chi connectivity index (χ4n) is 5.98. The number of ether oxygens (including phenoxy) is 2. The molecule has 56 heavy (non-hydrogen) atoms. The first-order valence-corrected chi connectivity index (χ1v) is 18.5. The topological polar surface area (TPSA) is 175 Å².